The Bertz CT molecular complexity index is 832. The van der Waals surface area contributed by atoms with E-state index in [4.69, 9.17) is 9.73 Å². The van der Waals surface area contributed by atoms with Crippen LogP contribution in [0.3, 0.4) is 0 Å². The van der Waals surface area contributed by atoms with Crippen molar-refractivity contribution in [2.75, 3.05) is 13.2 Å². The largest absolute Gasteiger partial charge is 0.377 e. The van der Waals surface area contributed by atoms with Gasteiger partial charge in [-0.1, -0.05) is 12.5 Å². The zero-order chi connectivity index (χ0) is 17.6. The maximum absolute atomic E-state index is 6.03. The van der Waals surface area contributed by atoms with E-state index in [1.165, 1.54) is 19.3 Å². The number of rotatable bonds is 4. The van der Waals surface area contributed by atoms with Gasteiger partial charge >= 0.3 is 0 Å². The fraction of sp³-hybridized carbons (Fsp3) is 0.632. The number of guanidine groups is 1. The number of nitrogens with one attached hydrogen (secondary N) is 2. The third-order valence-electron chi connectivity index (χ3n) is 6.44. The Kier molecular flexibility index (Phi) is 5.28. The average molecular weight is 482 g/mol. The van der Waals surface area contributed by atoms with Crippen LogP contribution in [0, 0.1) is 11.3 Å². The quantitative estimate of drug-likeness (QED) is 0.398. The molecule has 1 aliphatic heterocycles. The molecule has 3 fully saturated rings. The van der Waals surface area contributed by atoms with Gasteiger partial charge in [0.2, 0.25) is 0 Å². The SMILES string of the molecule is CCNC(=NCc1nnc2ccccn12)NC1C2CCOC2C12CCC2.I. The Morgan fingerprint density at radius 2 is 2.26 bits per heavy atom. The van der Waals surface area contributed by atoms with Crippen molar-refractivity contribution >= 4 is 35.6 Å². The molecule has 7 nitrogen and oxygen atoms in total. The molecule has 1 saturated heterocycles. The van der Waals surface area contributed by atoms with Crippen molar-refractivity contribution in [2.45, 2.75) is 51.3 Å². The topological polar surface area (TPSA) is 75.8 Å². The van der Waals surface area contributed by atoms with Crippen molar-refractivity contribution in [1.82, 2.24) is 25.2 Å². The van der Waals surface area contributed by atoms with Gasteiger partial charge in [0.05, 0.1) is 6.10 Å². The van der Waals surface area contributed by atoms with Gasteiger partial charge in [0.15, 0.2) is 17.4 Å². The van der Waals surface area contributed by atoms with E-state index in [1.807, 2.05) is 28.8 Å². The van der Waals surface area contributed by atoms with Crippen LogP contribution in [0.4, 0.5) is 0 Å². The summed E-state index contributed by atoms with van der Waals surface area (Å²) in [6.07, 6.45) is 7.50. The van der Waals surface area contributed by atoms with Gasteiger partial charge in [0.25, 0.3) is 0 Å². The second kappa shape index (κ2) is 7.54. The zero-order valence-corrected chi connectivity index (χ0v) is 17.9. The molecule has 5 rings (SSSR count). The van der Waals surface area contributed by atoms with Crippen molar-refractivity contribution in [3.63, 3.8) is 0 Å². The minimum absolute atomic E-state index is 0. The van der Waals surface area contributed by atoms with Crippen molar-refractivity contribution in [1.29, 1.82) is 0 Å². The lowest BCUT2D eigenvalue weighted by Crippen LogP contribution is -2.72. The zero-order valence-electron chi connectivity index (χ0n) is 15.6. The van der Waals surface area contributed by atoms with E-state index in [0.29, 0.717) is 30.0 Å². The highest BCUT2D eigenvalue weighted by atomic mass is 127. The van der Waals surface area contributed by atoms with Crippen LogP contribution in [0.2, 0.25) is 0 Å². The highest BCUT2D eigenvalue weighted by Gasteiger charge is 2.66. The first kappa shape index (κ1) is 18.9. The number of hydrogen-bond acceptors (Lipinski definition) is 4. The van der Waals surface area contributed by atoms with Gasteiger partial charge < -0.3 is 15.4 Å². The minimum atomic E-state index is 0. The highest BCUT2D eigenvalue weighted by Crippen LogP contribution is 2.62. The van der Waals surface area contributed by atoms with E-state index in [9.17, 15) is 0 Å². The number of fused-ring (bicyclic) bond motifs is 3. The molecule has 2 aromatic rings. The lowest BCUT2D eigenvalue weighted by atomic mass is 9.46. The first-order valence-electron chi connectivity index (χ1n) is 9.77. The van der Waals surface area contributed by atoms with Crippen molar-refractivity contribution in [3.8, 4) is 0 Å². The van der Waals surface area contributed by atoms with E-state index in [0.717, 1.165) is 37.0 Å². The summed E-state index contributed by atoms with van der Waals surface area (Å²) in [5, 5.41) is 15.6. The van der Waals surface area contributed by atoms with Gasteiger partial charge in [0.1, 0.15) is 6.54 Å². The van der Waals surface area contributed by atoms with Gasteiger partial charge in [-0.2, -0.15) is 0 Å². The fourth-order valence-electron chi connectivity index (χ4n) is 5.07. The molecule has 2 saturated carbocycles. The fourth-order valence-corrected chi connectivity index (χ4v) is 5.07. The van der Waals surface area contributed by atoms with E-state index in [2.05, 4.69) is 27.8 Å². The number of aliphatic imine (C=N–C) groups is 1. The molecule has 3 atom stereocenters. The van der Waals surface area contributed by atoms with Crippen LogP contribution < -0.4 is 10.6 Å². The first-order chi connectivity index (χ1) is 12.8. The van der Waals surface area contributed by atoms with Crippen molar-refractivity contribution < 1.29 is 4.74 Å². The number of halogens is 1. The summed E-state index contributed by atoms with van der Waals surface area (Å²) in [6, 6.07) is 6.40. The summed E-state index contributed by atoms with van der Waals surface area (Å²) in [7, 11) is 0. The molecule has 0 radical (unpaired) electrons. The van der Waals surface area contributed by atoms with Crippen LogP contribution in [0.1, 0.15) is 38.4 Å². The van der Waals surface area contributed by atoms with Crippen LogP contribution in [0.25, 0.3) is 5.65 Å². The summed E-state index contributed by atoms with van der Waals surface area (Å²) in [5.41, 5.74) is 1.20. The summed E-state index contributed by atoms with van der Waals surface area (Å²) in [5.74, 6) is 2.36. The first-order valence-corrected chi connectivity index (χ1v) is 9.77. The van der Waals surface area contributed by atoms with Gasteiger partial charge in [0, 0.05) is 36.7 Å². The highest BCUT2D eigenvalue weighted by molar-refractivity contribution is 14.0. The van der Waals surface area contributed by atoms with Crippen molar-refractivity contribution in [2.24, 2.45) is 16.3 Å². The van der Waals surface area contributed by atoms with Crippen LogP contribution >= 0.6 is 24.0 Å². The number of ether oxygens (including phenoxy) is 1. The molecule has 3 unspecified atom stereocenters. The van der Waals surface area contributed by atoms with Crippen LogP contribution in [0.15, 0.2) is 29.4 Å². The Balaban J connectivity index is 0.00000180. The van der Waals surface area contributed by atoms with E-state index < -0.39 is 0 Å². The Morgan fingerprint density at radius 1 is 1.37 bits per heavy atom. The second-order valence-corrected chi connectivity index (χ2v) is 7.69. The standard InChI is InChI=1S/C19H26N6O.HI/c1-2-20-18(21-12-15-24-23-14-6-3-4-10-25(14)15)22-16-13-7-11-26-17(13)19(16)8-5-9-19;/h3-4,6,10,13,16-17H,2,5,7-9,11-12H2,1H3,(H2,20,21,22);1H. The maximum Gasteiger partial charge on any atom is 0.191 e. The van der Waals surface area contributed by atoms with E-state index in [1.54, 1.807) is 0 Å². The predicted octanol–water partition coefficient (Wildman–Crippen LogP) is 2.36. The number of nitrogens with zero attached hydrogens (tertiary/aromatic N) is 4. The van der Waals surface area contributed by atoms with Crippen molar-refractivity contribution in [3.05, 3.63) is 30.2 Å². The van der Waals surface area contributed by atoms with Gasteiger partial charge in [-0.05, 0) is 38.3 Å². The van der Waals surface area contributed by atoms with Gasteiger partial charge in [-0.25, -0.2) is 4.99 Å². The number of hydrogen-bond donors (Lipinski definition) is 2. The second-order valence-electron chi connectivity index (χ2n) is 7.69. The Labute approximate surface area is 176 Å². The molecule has 1 spiro atoms. The van der Waals surface area contributed by atoms with E-state index >= 15 is 0 Å². The van der Waals surface area contributed by atoms with Crippen LogP contribution in [0.5, 0.6) is 0 Å². The summed E-state index contributed by atoms with van der Waals surface area (Å²) < 4.78 is 8.02. The maximum atomic E-state index is 6.03. The Hall–Kier alpha value is -1.42. The molecule has 0 aromatic carbocycles. The summed E-state index contributed by atoms with van der Waals surface area (Å²) in [4.78, 5) is 4.80. The smallest absolute Gasteiger partial charge is 0.191 e. The Morgan fingerprint density at radius 3 is 3.04 bits per heavy atom. The molecule has 27 heavy (non-hydrogen) atoms. The van der Waals surface area contributed by atoms with Crippen LogP contribution in [-0.4, -0.2) is 45.9 Å². The van der Waals surface area contributed by atoms with E-state index in [-0.39, 0.29) is 24.0 Å². The average Bonchev–Trinajstić information content (AvgIpc) is 3.21. The molecule has 8 heteroatoms. The molecule has 2 aromatic heterocycles. The third-order valence-corrected chi connectivity index (χ3v) is 6.44. The number of aromatic nitrogens is 3. The lowest BCUT2D eigenvalue weighted by Gasteiger charge is -2.63. The lowest BCUT2D eigenvalue weighted by molar-refractivity contribution is -0.171. The molecular weight excluding hydrogens is 455 g/mol. The molecule has 3 heterocycles. The molecule has 0 bridgehead atoms. The molecular formula is C19H27IN6O. The summed E-state index contributed by atoms with van der Waals surface area (Å²) >= 11 is 0. The molecule has 3 aliphatic rings. The van der Waals surface area contributed by atoms with Gasteiger partial charge in [-0.15, -0.1) is 34.2 Å². The monoisotopic (exact) mass is 482 g/mol. The van der Waals surface area contributed by atoms with Crippen LogP contribution in [-0.2, 0) is 11.3 Å². The number of pyridine rings is 1. The molecule has 146 valence electrons. The minimum Gasteiger partial charge on any atom is -0.377 e. The molecule has 2 N–H and O–H groups in total. The normalized spacial score (nSPS) is 28.2. The third kappa shape index (κ3) is 3.00. The predicted molar refractivity (Wildman–Crippen MR) is 114 cm³/mol. The molecule has 2 aliphatic carbocycles. The van der Waals surface area contributed by atoms with Gasteiger partial charge in [-0.3, -0.25) is 4.40 Å². The summed E-state index contributed by atoms with van der Waals surface area (Å²) in [6.45, 7) is 4.36. The molecule has 0 amide bonds.